The molecule has 1 N–H and O–H groups in total. The lowest BCUT2D eigenvalue weighted by Gasteiger charge is -2.20. The Morgan fingerprint density at radius 2 is 2.08 bits per heavy atom. The van der Waals surface area contributed by atoms with E-state index in [4.69, 9.17) is 9.26 Å². The van der Waals surface area contributed by atoms with E-state index in [1.165, 1.54) is 0 Å². The van der Waals surface area contributed by atoms with Gasteiger partial charge in [0.05, 0.1) is 25.3 Å². The Labute approximate surface area is 140 Å². The zero-order valence-electron chi connectivity index (χ0n) is 14.0. The highest BCUT2D eigenvalue weighted by Crippen LogP contribution is 2.27. The van der Waals surface area contributed by atoms with Crippen LogP contribution >= 0.6 is 0 Å². The zero-order chi connectivity index (χ0) is 16.9. The number of ether oxygens (including phenoxy) is 1. The first-order valence-electron chi connectivity index (χ1n) is 7.87. The number of nitrogens with one attached hydrogen (secondary N) is 1. The lowest BCUT2D eigenvalue weighted by Crippen LogP contribution is -2.33. The summed E-state index contributed by atoms with van der Waals surface area (Å²) in [6.45, 7) is 4.71. The van der Waals surface area contributed by atoms with Crippen molar-refractivity contribution >= 4 is 0 Å². The third-order valence-electron chi connectivity index (χ3n) is 4.06. The van der Waals surface area contributed by atoms with Crippen molar-refractivity contribution in [3.05, 3.63) is 48.6 Å². The van der Waals surface area contributed by atoms with Crippen LogP contribution in [0.2, 0.25) is 0 Å². The fourth-order valence-corrected chi connectivity index (χ4v) is 2.43. The molecule has 7 heteroatoms. The van der Waals surface area contributed by atoms with Gasteiger partial charge >= 0.3 is 0 Å². The second-order valence-corrected chi connectivity index (χ2v) is 5.61. The molecule has 7 nitrogen and oxygen atoms in total. The van der Waals surface area contributed by atoms with Crippen molar-refractivity contribution in [2.75, 3.05) is 7.11 Å². The maximum atomic E-state index is 5.34. The van der Waals surface area contributed by atoms with Gasteiger partial charge in [0.2, 0.25) is 11.7 Å². The van der Waals surface area contributed by atoms with Crippen molar-refractivity contribution < 1.29 is 9.26 Å². The van der Waals surface area contributed by atoms with Crippen LogP contribution in [0.5, 0.6) is 5.75 Å². The number of aromatic nitrogens is 4. The Morgan fingerprint density at radius 1 is 1.25 bits per heavy atom. The summed E-state index contributed by atoms with van der Waals surface area (Å²) in [6, 6.07) is 9.94. The Balaban J connectivity index is 1.64. The smallest absolute Gasteiger partial charge is 0.240 e. The van der Waals surface area contributed by atoms with Crippen LogP contribution < -0.4 is 10.1 Å². The average Bonchev–Trinajstić information content (AvgIpc) is 3.30. The van der Waals surface area contributed by atoms with E-state index >= 15 is 0 Å². The minimum Gasteiger partial charge on any atom is -0.496 e. The third-order valence-corrected chi connectivity index (χ3v) is 4.06. The van der Waals surface area contributed by atoms with E-state index in [-0.39, 0.29) is 12.1 Å². The summed E-state index contributed by atoms with van der Waals surface area (Å²) in [6.07, 6.45) is 3.73. The molecule has 0 aliphatic carbocycles. The Hall–Kier alpha value is -2.67. The number of nitrogens with zero attached hydrogens (tertiary/aromatic N) is 4. The Bertz CT molecular complexity index is 769. The summed E-state index contributed by atoms with van der Waals surface area (Å²) in [4.78, 5) is 4.44. The Morgan fingerprint density at radius 3 is 2.83 bits per heavy atom. The highest BCUT2D eigenvalue weighted by atomic mass is 16.5. The molecule has 3 aromatic rings. The average molecular weight is 327 g/mol. The molecule has 0 spiro atoms. The molecule has 0 saturated carbocycles. The first kappa shape index (κ1) is 16.2. The van der Waals surface area contributed by atoms with Gasteiger partial charge < -0.3 is 14.6 Å². The van der Waals surface area contributed by atoms with Gasteiger partial charge in [0.15, 0.2) is 0 Å². The third kappa shape index (κ3) is 3.46. The summed E-state index contributed by atoms with van der Waals surface area (Å²) in [5.41, 5.74) is 0.813. The monoisotopic (exact) mass is 327 g/mol. The Kier molecular flexibility index (Phi) is 4.90. The van der Waals surface area contributed by atoms with Gasteiger partial charge in [-0.25, -0.2) is 0 Å². The summed E-state index contributed by atoms with van der Waals surface area (Å²) in [5.74, 6) is 1.78. The van der Waals surface area contributed by atoms with Crippen LogP contribution in [0.25, 0.3) is 11.4 Å². The molecule has 2 heterocycles. The number of hydrogen-bond donors (Lipinski definition) is 1. The molecule has 2 aromatic heterocycles. The van der Waals surface area contributed by atoms with E-state index < -0.39 is 0 Å². The van der Waals surface area contributed by atoms with Gasteiger partial charge in [-0.05, 0) is 32.0 Å². The van der Waals surface area contributed by atoms with Crippen molar-refractivity contribution in [1.29, 1.82) is 0 Å². The minimum atomic E-state index is 0.200. The predicted molar refractivity (Wildman–Crippen MR) is 89.5 cm³/mol. The molecule has 0 saturated heterocycles. The van der Waals surface area contributed by atoms with Gasteiger partial charge in [-0.1, -0.05) is 17.3 Å². The van der Waals surface area contributed by atoms with E-state index in [0.29, 0.717) is 18.3 Å². The van der Waals surface area contributed by atoms with Gasteiger partial charge in [0, 0.05) is 18.4 Å². The lowest BCUT2D eigenvalue weighted by molar-refractivity contribution is 0.325. The van der Waals surface area contributed by atoms with Crippen LogP contribution in [0.15, 0.2) is 47.2 Å². The number of rotatable bonds is 7. The summed E-state index contributed by atoms with van der Waals surface area (Å²) >= 11 is 0. The number of benzene rings is 1. The largest absolute Gasteiger partial charge is 0.496 e. The van der Waals surface area contributed by atoms with E-state index in [2.05, 4.69) is 34.4 Å². The predicted octanol–water partition coefficient (Wildman–Crippen LogP) is 2.68. The lowest BCUT2D eigenvalue weighted by atomic mass is 10.2. The van der Waals surface area contributed by atoms with Crippen LogP contribution in [0, 0.1) is 0 Å². The fourth-order valence-electron chi connectivity index (χ4n) is 2.43. The van der Waals surface area contributed by atoms with Gasteiger partial charge in [-0.15, -0.1) is 0 Å². The van der Waals surface area contributed by atoms with E-state index in [1.807, 2.05) is 41.2 Å². The molecule has 0 unspecified atom stereocenters. The SMILES string of the molecule is COc1ccccc1-c1noc(CN[C@H](C)[C@@H](C)n2cccn2)n1. The van der Waals surface area contributed by atoms with Crippen LogP contribution in [-0.2, 0) is 6.54 Å². The van der Waals surface area contributed by atoms with Crippen molar-refractivity contribution in [1.82, 2.24) is 25.2 Å². The number of para-hydroxylation sites is 1. The van der Waals surface area contributed by atoms with Gasteiger partial charge in [0.1, 0.15) is 5.75 Å². The summed E-state index contributed by atoms with van der Waals surface area (Å²) < 4.78 is 12.6. The first-order chi connectivity index (χ1) is 11.7. The normalized spacial score (nSPS) is 13.6. The zero-order valence-corrected chi connectivity index (χ0v) is 14.0. The molecule has 3 rings (SSSR count). The molecule has 2 atom stereocenters. The molecule has 0 bridgehead atoms. The molecule has 0 amide bonds. The molecular formula is C17H21N5O2. The van der Waals surface area contributed by atoms with E-state index in [0.717, 1.165) is 11.3 Å². The van der Waals surface area contributed by atoms with Crippen molar-refractivity contribution in [2.45, 2.75) is 32.5 Å². The molecule has 0 aliphatic rings. The number of hydrogen-bond acceptors (Lipinski definition) is 6. The summed E-state index contributed by atoms with van der Waals surface area (Å²) in [7, 11) is 1.62. The number of methoxy groups -OCH3 is 1. The van der Waals surface area contributed by atoms with E-state index in [9.17, 15) is 0 Å². The molecule has 0 radical (unpaired) electrons. The standard InChI is InChI=1S/C17H21N5O2/c1-12(13(2)22-10-6-9-19-22)18-11-16-20-17(21-24-16)14-7-4-5-8-15(14)23-3/h4-10,12-13,18H,11H2,1-3H3/t12-,13-/m1/s1. The van der Waals surface area contributed by atoms with Crippen LogP contribution in [-0.4, -0.2) is 33.1 Å². The summed E-state index contributed by atoms with van der Waals surface area (Å²) in [5, 5.41) is 11.7. The van der Waals surface area contributed by atoms with Crippen molar-refractivity contribution in [3.8, 4) is 17.1 Å². The van der Waals surface area contributed by atoms with Crippen LogP contribution in [0.3, 0.4) is 0 Å². The van der Waals surface area contributed by atoms with Crippen molar-refractivity contribution in [2.24, 2.45) is 0 Å². The molecule has 1 aromatic carbocycles. The van der Waals surface area contributed by atoms with Crippen LogP contribution in [0.1, 0.15) is 25.8 Å². The fraction of sp³-hybridized carbons (Fsp3) is 0.353. The maximum Gasteiger partial charge on any atom is 0.240 e. The molecule has 0 fully saturated rings. The highest BCUT2D eigenvalue weighted by molar-refractivity contribution is 5.63. The quantitative estimate of drug-likeness (QED) is 0.719. The highest BCUT2D eigenvalue weighted by Gasteiger charge is 2.16. The minimum absolute atomic E-state index is 0.200. The second kappa shape index (κ2) is 7.27. The maximum absolute atomic E-state index is 5.34. The van der Waals surface area contributed by atoms with Crippen molar-refractivity contribution in [3.63, 3.8) is 0 Å². The topological polar surface area (TPSA) is 78.0 Å². The first-order valence-corrected chi connectivity index (χ1v) is 7.87. The molecular weight excluding hydrogens is 306 g/mol. The molecule has 126 valence electrons. The van der Waals surface area contributed by atoms with Crippen LogP contribution in [0.4, 0.5) is 0 Å². The van der Waals surface area contributed by atoms with Gasteiger partial charge in [-0.2, -0.15) is 10.1 Å². The van der Waals surface area contributed by atoms with Gasteiger partial charge in [0.25, 0.3) is 0 Å². The molecule has 24 heavy (non-hydrogen) atoms. The van der Waals surface area contributed by atoms with Gasteiger partial charge in [-0.3, -0.25) is 4.68 Å². The second-order valence-electron chi connectivity index (χ2n) is 5.61. The molecule has 0 aliphatic heterocycles. The van der Waals surface area contributed by atoms with E-state index in [1.54, 1.807) is 13.3 Å².